The highest BCUT2D eigenvalue weighted by molar-refractivity contribution is 7.12. The zero-order chi connectivity index (χ0) is 15.2. The number of thiophene rings is 1. The van der Waals surface area contributed by atoms with Crippen molar-refractivity contribution in [3.05, 3.63) is 28.0 Å². The molecule has 1 aliphatic heterocycles. The van der Waals surface area contributed by atoms with Crippen molar-refractivity contribution in [3.8, 4) is 0 Å². The molecule has 1 unspecified atom stereocenters. The number of carbonyl (C=O) groups is 2. The summed E-state index contributed by atoms with van der Waals surface area (Å²) in [7, 11) is 0. The van der Waals surface area contributed by atoms with E-state index < -0.39 is 5.97 Å². The van der Waals surface area contributed by atoms with E-state index in [1.807, 2.05) is 0 Å². The van der Waals surface area contributed by atoms with Gasteiger partial charge in [0.2, 0.25) is 0 Å². The highest BCUT2D eigenvalue weighted by atomic mass is 32.1. The molecule has 0 saturated carbocycles. The number of aliphatic carboxylic acids is 1. The molecule has 2 rings (SSSR count). The first-order valence-corrected chi connectivity index (χ1v) is 7.97. The smallest absolute Gasteiger partial charge is 0.328 e. The van der Waals surface area contributed by atoms with E-state index in [9.17, 15) is 9.59 Å². The number of nitrogens with one attached hydrogen (secondary N) is 1. The molecule has 1 aliphatic rings. The lowest BCUT2D eigenvalue weighted by molar-refractivity contribution is -0.131. The summed E-state index contributed by atoms with van der Waals surface area (Å²) in [5.74, 6) is -0.630. The van der Waals surface area contributed by atoms with Crippen LogP contribution in [0.3, 0.4) is 0 Å². The molecule has 0 aromatic carbocycles. The summed E-state index contributed by atoms with van der Waals surface area (Å²) in [5.41, 5.74) is 0.654. The van der Waals surface area contributed by atoms with Crippen LogP contribution in [0.5, 0.6) is 0 Å². The van der Waals surface area contributed by atoms with E-state index in [1.165, 1.54) is 17.4 Å². The van der Waals surface area contributed by atoms with Gasteiger partial charge in [-0.1, -0.05) is 6.92 Å². The number of carboxylic acid groups (broad SMARTS) is 1. The van der Waals surface area contributed by atoms with Crippen LogP contribution in [-0.4, -0.2) is 48.1 Å². The Balaban J connectivity index is 1.89. The highest BCUT2D eigenvalue weighted by Gasteiger charge is 2.22. The van der Waals surface area contributed by atoms with Crippen molar-refractivity contribution < 1.29 is 14.7 Å². The first-order chi connectivity index (χ1) is 10.1. The van der Waals surface area contributed by atoms with Crippen molar-refractivity contribution in [1.29, 1.82) is 0 Å². The number of rotatable bonds is 6. The average molecular weight is 308 g/mol. The lowest BCUT2D eigenvalue weighted by Gasteiger charge is -2.13. The maximum Gasteiger partial charge on any atom is 0.328 e. The Morgan fingerprint density at radius 3 is 3.05 bits per heavy atom. The van der Waals surface area contributed by atoms with Crippen LogP contribution in [0.4, 0.5) is 0 Å². The third-order valence-electron chi connectivity index (χ3n) is 3.68. The number of amides is 1. The van der Waals surface area contributed by atoms with Crippen molar-refractivity contribution in [1.82, 2.24) is 10.2 Å². The molecule has 1 amide bonds. The minimum atomic E-state index is -1.02. The van der Waals surface area contributed by atoms with Crippen LogP contribution in [0.15, 0.2) is 17.5 Å². The van der Waals surface area contributed by atoms with Gasteiger partial charge >= 0.3 is 5.97 Å². The molecule has 0 radical (unpaired) electrons. The standard InChI is InChI=1S/C15H20N2O3S/c1-2-17-7-5-11(10-17)9-16-15(20)14-12(6-8-21-14)3-4-13(18)19/h3-4,6,8,11H,2,5,7,9-10H2,1H3,(H,16,20)(H,18,19). The summed E-state index contributed by atoms with van der Waals surface area (Å²) >= 11 is 1.33. The molecule has 114 valence electrons. The van der Waals surface area contributed by atoms with E-state index in [0.29, 0.717) is 22.9 Å². The van der Waals surface area contributed by atoms with Crippen molar-refractivity contribution >= 4 is 29.3 Å². The number of carboxylic acids is 1. The Hall–Kier alpha value is -1.66. The number of hydrogen-bond donors (Lipinski definition) is 2. The summed E-state index contributed by atoms with van der Waals surface area (Å²) in [5, 5.41) is 13.4. The number of likely N-dealkylation sites (tertiary alicyclic amines) is 1. The van der Waals surface area contributed by atoms with Crippen LogP contribution in [0.1, 0.15) is 28.6 Å². The fraction of sp³-hybridized carbons (Fsp3) is 0.467. The van der Waals surface area contributed by atoms with Crippen LogP contribution in [0, 0.1) is 5.92 Å². The normalized spacial score (nSPS) is 19.2. The second-order valence-electron chi connectivity index (χ2n) is 5.13. The predicted octanol–water partition coefficient (Wildman–Crippen LogP) is 1.92. The molecule has 1 fully saturated rings. The minimum Gasteiger partial charge on any atom is -0.478 e. The number of nitrogens with zero attached hydrogens (tertiary/aromatic N) is 1. The number of carbonyl (C=O) groups excluding carboxylic acids is 1. The van der Waals surface area contributed by atoms with Crippen molar-refractivity contribution in [2.45, 2.75) is 13.3 Å². The highest BCUT2D eigenvalue weighted by Crippen LogP contribution is 2.19. The zero-order valence-electron chi connectivity index (χ0n) is 12.0. The van der Waals surface area contributed by atoms with Gasteiger partial charge in [0, 0.05) is 19.2 Å². The van der Waals surface area contributed by atoms with Gasteiger partial charge in [0.25, 0.3) is 5.91 Å². The van der Waals surface area contributed by atoms with Gasteiger partial charge in [-0.25, -0.2) is 4.79 Å². The molecule has 1 atom stereocenters. The van der Waals surface area contributed by atoms with E-state index in [4.69, 9.17) is 5.11 Å². The minimum absolute atomic E-state index is 0.120. The molecule has 0 spiro atoms. The van der Waals surface area contributed by atoms with Crippen molar-refractivity contribution in [2.75, 3.05) is 26.2 Å². The van der Waals surface area contributed by atoms with Crippen LogP contribution in [-0.2, 0) is 4.79 Å². The second-order valence-corrected chi connectivity index (χ2v) is 6.05. The van der Waals surface area contributed by atoms with Gasteiger partial charge in [0.1, 0.15) is 0 Å². The second kappa shape index (κ2) is 7.38. The lowest BCUT2D eigenvalue weighted by atomic mass is 10.1. The van der Waals surface area contributed by atoms with Crippen LogP contribution >= 0.6 is 11.3 Å². The van der Waals surface area contributed by atoms with Gasteiger partial charge in [-0.2, -0.15) is 0 Å². The summed E-state index contributed by atoms with van der Waals surface area (Å²) in [6.45, 7) is 6.01. The monoisotopic (exact) mass is 308 g/mol. The third kappa shape index (κ3) is 4.41. The molecule has 5 nitrogen and oxygen atoms in total. The fourth-order valence-corrected chi connectivity index (χ4v) is 3.28. The first-order valence-electron chi connectivity index (χ1n) is 7.09. The van der Waals surface area contributed by atoms with E-state index in [2.05, 4.69) is 17.1 Å². The third-order valence-corrected chi connectivity index (χ3v) is 4.60. The van der Waals surface area contributed by atoms with Crippen LogP contribution < -0.4 is 5.32 Å². The first kappa shape index (κ1) is 15.7. The predicted molar refractivity (Wildman–Crippen MR) is 83.5 cm³/mol. The Morgan fingerprint density at radius 2 is 2.38 bits per heavy atom. The van der Waals surface area contributed by atoms with Crippen molar-refractivity contribution in [2.24, 2.45) is 5.92 Å². The number of hydrogen-bond acceptors (Lipinski definition) is 4. The lowest BCUT2D eigenvalue weighted by Crippen LogP contribution is -2.30. The van der Waals surface area contributed by atoms with Gasteiger partial charge in [-0.15, -0.1) is 11.3 Å². The van der Waals surface area contributed by atoms with Gasteiger partial charge in [0.05, 0.1) is 4.88 Å². The Morgan fingerprint density at radius 1 is 1.57 bits per heavy atom. The van der Waals surface area contributed by atoms with Gasteiger partial charge < -0.3 is 15.3 Å². The zero-order valence-corrected chi connectivity index (χ0v) is 12.9. The molecule has 1 aromatic rings. The van der Waals surface area contributed by atoms with E-state index in [1.54, 1.807) is 11.4 Å². The Labute approximate surface area is 128 Å². The molecule has 0 aliphatic carbocycles. The average Bonchev–Trinajstić information content (AvgIpc) is 3.11. The van der Waals surface area contributed by atoms with Gasteiger partial charge in [0.15, 0.2) is 0 Å². The molecule has 2 N–H and O–H groups in total. The Bertz CT molecular complexity index is 539. The van der Waals surface area contributed by atoms with E-state index in [0.717, 1.165) is 32.1 Å². The van der Waals surface area contributed by atoms with Crippen molar-refractivity contribution in [3.63, 3.8) is 0 Å². The molecule has 21 heavy (non-hydrogen) atoms. The summed E-state index contributed by atoms with van der Waals surface area (Å²) < 4.78 is 0. The summed E-state index contributed by atoms with van der Waals surface area (Å²) in [4.78, 5) is 25.7. The molecular weight excluding hydrogens is 288 g/mol. The quantitative estimate of drug-likeness (QED) is 0.788. The molecule has 1 aromatic heterocycles. The SMILES string of the molecule is CCN1CCC(CNC(=O)c2sccc2C=CC(=O)O)C1. The fourth-order valence-electron chi connectivity index (χ4n) is 2.48. The maximum atomic E-state index is 12.2. The molecule has 6 heteroatoms. The van der Waals surface area contributed by atoms with Gasteiger partial charge in [-0.3, -0.25) is 4.79 Å². The largest absolute Gasteiger partial charge is 0.478 e. The maximum absolute atomic E-state index is 12.2. The summed E-state index contributed by atoms with van der Waals surface area (Å²) in [6, 6.07) is 1.76. The summed E-state index contributed by atoms with van der Waals surface area (Å²) in [6.07, 6.45) is 3.63. The molecule has 0 bridgehead atoms. The van der Waals surface area contributed by atoms with Gasteiger partial charge in [-0.05, 0) is 48.5 Å². The topological polar surface area (TPSA) is 69.6 Å². The van der Waals surface area contributed by atoms with Crippen LogP contribution in [0.2, 0.25) is 0 Å². The molecule has 2 heterocycles. The Kier molecular flexibility index (Phi) is 5.52. The van der Waals surface area contributed by atoms with Crippen LogP contribution in [0.25, 0.3) is 6.08 Å². The van der Waals surface area contributed by atoms with E-state index >= 15 is 0 Å². The molecular formula is C15H20N2O3S. The van der Waals surface area contributed by atoms with E-state index in [-0.39, 0.29) is 5.91 Å². The molecule has 1 saturated heterocycles.